The van der Waals surface area contributed by atoms with Gasteiger partial charge in [0, 0.05) is 12.1 Å². The lowest BCUT2D eigenvalue weighted by atomic mass is 10.2. The van der Waals surface area contributed by atoms with E-state index in [0.29, 0.717) is 0 Å². The Morgan fingerprint density at radius 3 is 2.67 bits per heavy atom. The second kappa shape index (κ2) is 5.34. The van der Waals surface area contributed by atoms with Gasteiger partial charge in [-0.3, -0.25) is 9.69 Å². The molecule has 1 aromatic heterocycles. The lowest BCUT2D eigenvalue weighted by Gasteiger charge is -2.23. The van der Waals surface area contributed by atoms with Gasteiger partial charge < -0.3 is 4.74 Å². The SMILES string of the molecule is COC(=O)C1CCC(=O)N1c1cc(C(F)(F)F)cc(C)n1. The maximum atomic E-state index is 12.8. The largest absolute Gasteiger partial charge is 0.467 e. The maximum Gasteiger partial charge on any atom is 0.416 e. The summed E-state index contributed by atoms with van der Waals surface area (Å²) >= 11 is 0. The van der Waals surface area contributed by atoms with Crippen LogP contribution in [0.15, 0.2) is 12.1 Å². The zero-order valence-corrected chi connectivity index (χ0v) is 11.4. The fourth-order valence-corrected chi connectivity index (χ4v) is 2.27. The molecule has 0 aliphatic carbocycles. The Balaban J connectivity index is 2.46. The van der Waals surface area contributed by atoms with Crippen molar-refractivity contribution in [2.45, 2.75) is 32.0 Å². The first-order valence-corrected chi connectivity index (χ1v) is 6.20. The van der Waals surface area contributed by atoms with Gasteiger partial charge in [0.15, 0.2) is 0 Å². The van der Waals surface area contributed by atoms with Crippen LogP contribution in [0.1, 0.15) is 24.1 Å². The third-order valence-electron chi connectivity index (χ3n) is 3.20. The zero-order valence-electron chi connectivity index (χ0n) is 11.4. The number of alkyl halides is 3. The number of aromatic nitrogens is 1. The third kappa shape index (κ3) is 2.98. The number of hydrogen-bond donors (Lipinski definition) is 0. The summed E-state index contributed by atoms with van der Waals surface area (Å²) in [6, 6.07) is 0.724. The molecule has 8 heteroatoms. The molecular formula is C13H13F3N2O3. The molecule has 1 fully saturated rings. The van der Waals surface area contributed by atoms with Gasteiger partial charge in [-0.25, -0.2) is 9.78 Å². The van der Waals surface area contributed by atoms with E-state index >= 15 is 0 Å². The minimum absolute atomic E-state index is 0.0662. The van der Waals surface area contributed by atoms with Crippen molar-refractivity contribution in [2.75, 3.05) is 12.0 Å². The van der Waals surface area contributed by atoms with E-state index < -0.39 is 29.7 Å². The number of carbonyl (C=O) groups is 2. The molecule has 2 heterocycles. The van der Waals surface area contributed by atoms with Crippen molar-refractivity contribution < 1.29 is 27.5 Å². The quantitative estimate of drug-likeness (QED) is 0.785. The Morgan fingerprint density at radius 2 is 2.10 bits per heavy atom. The van der Waals surface area contributed by atoms with Gasteiger partial charge in [-0.05, 0) is 25.5 Å². The van der Waals surface area contributed by atoms with Gasteiger partial charge in [-0.15, -0.1) is 0 Å². The second-order valence-electron chi connectivity index (χ2n) is 4.69. The minimum Gasteiger partial charge on any atom is -0.467 e. The highest BCUT2D eigenvalue weighted by Gasteiger charge is 2.40. The molecule has 0 radical (unpaired) electrons. The Morgan fingerprint density at radius 1 is 1.43 bits per heavy atom. The molecule has 1 atom stereocenters. The van der Waals surface area contributed by atoms with Crippen LogP contribution in [0.4, 0.5) is 19.0 Å². The van der Waals surface area contributed by atoms with Crippen LogP contribution in [0.2, 0.25) is 0 Å². The van der Waals surface area contributed by atoms with Gasteiger partial charge in [-0.1, -0.05) is 0 Å². The van der Waals surface area contributed by atoms with E-state index in [0.717, 1.165) is 24.1 Å². The van der Waals surface area contributed by atoms with E-state index in [9.17, 15) is 22.8 Å². The van der Waals surface area contributed by atoms with Gasteiger partial charge in [0.2, 0.25) is 5.91 Å². The Bertz CT molecular complexity index is 587. The average molecular weight is 302 g/mol. The number of rotatable bonds is 2. The van der Waals surface area contributed by atoms with Crippen molar-refractivity contribution in [1.82, 2.24) is 4.98 Å². The Hall–Kier alpha value is -2.12. The smallest absolute Gasteiger partial charge is 0.416 e. The van der Waals surface area contributed by atoms with Crippen LogP contribution in [0.3, 0.4) is 0 Å². The fourth-order valence-electron chi connectivity index (χ4n) is 2.27. The van der Waals surface area contributed by atoms with Crippen molar-refractivity contribution in [1.29, 1.82) is 0 Å². The number of carbonyl (C=O) groups excluding carboxylic acids is 2. The number of anilines is 1. The van der Waals surface area contributed by atoms with Gasteiger partial charge in [0.1, 0.15) is 11.9 Å². The summed E-state index contributed by atoms with van der Waals surface area (Å²) in [5.41, 5.74) is -0.795. The van der Waals surface area contributed by atoms with E-state index in [1.807, 2.05) is 0 Å². The molecule has 1 unspecified atom stereocenters. The normalized spacial score (nSPS) is 19.0. The fraction of sp³-hybridized carbons (Fsp3) is 0.462. The number of ether oxygens (including phenoxy) is 1. The van der Waals surface area contributed by atoms with Crippen molar-refractivity contribution >= 4 is 17.7 Å². The van der Waals surface area contributed by atoms with Gasteiger partial charge in [0.25, 0.3) is 0 Å². The standard InChI is InChI=1S/C13H13F3N2O3/c1-7-5-8(13(14,15)16)6-10(17-7)18-9(12(20)21-2)3-4-11(18)19/h5-6,9H,3-4H2,1-2H3. The van der Waals surface area contributed by atoms with E-state index in [4.69, 9.17) is 0 Å². The van der Waals surface area contributed by atoms with Crippen LogP contribution in [0.5, 0.6) is 0 Å². The van der Waals surface area contributed by atoms with Crippen LogP contribution in [0, 0.1) is 6.92 Å². The lowest BCUT2D eigenvalue weighted by molar-refractivity contribution is -0.142. The van der Waals surface area contributed by atoms with Gasteiger partial charge >= 0.3 is 12.1 Å². The van der Waals surface area contributed by atoms with E-state index in [1.165, 1.54) is 6.92 Å². The van der Waals surface area contributed by atoms with Crippen molar-refractivity contribution in [3.63, 3.8) is 0 Å². The highest BCUT2D eigenvalue weighted by molar-refractivity contribution is 6.01. The third-order valence-corrected chi connectivity index (χ3v) is 3.20. The van der Waals surface area contributed by atoms with Crippen molar-refractivity contribution in [3.05, 3.63) is 23.4 Å². The molecule has 21 heavy (non-hydrogen) atoms. The van der Waals surface area contributed by atoms with E-state index in [1.54, 1.807) is 0 Å². The topological polar surface area (TPSA) is 59.5 Å². The molecule has 1 amide bonds. The number of methoxy groups -OCH3 is 1. The average Bonchev–Trinajstić information content (AvgIpc) is 2.78. The predicted octanol–water partition coefficient (Wildman–Crippen LogP) is 2.08. The summed E-state index contributed by atoms with van der Waals surface area (Å²) in [6.45, 7) is 1.40. The van der Waals surface area contributed by atoms with Crippen molar-refractivity contribution in [2.24, 2.45) is 0 Å². The van der Waals surface area contributed by atoms with Crippen LogP contribution in [0.25, 0.3) is 0 Å². The van der Waals surface area contributed by atoms with Crippen LogP contribution < -0.4 is 4.90 Å². The van der Waals surface area contributed by atoms with Crippen LogP contribution in [-0.2, 0) is 20.5 Å². The summed E-state index contributed by atoms with van der Waals surface area (Å²) in [7, 11) is 1.16. The van der Waals surface area contributed by atoms with Gasteiger partial charge in [0.05, 0.1) is 12.7 Å². The van der Waals surface area contributed by atoms with Crippen LogP contribution in [-0.4, -0.2) is 30.0 Å². The Kier molecular flexibility index (Phi) is 3.89. The lowest BCUT2D eigenvalue weighted by Crippen LogP contribution is -2.40. The molecule has 0 spiro atoms. The highest BCUT2D eigenvalue weighted by atomic mass is 19.4. The van der Waals surface area contributed by atoms with Gasteiger partial charge in [-0.2, -0.15) is 13.2 Å². The molecule has 5 nitrogen and oxygen atoms in total. The van der Waals surface area contributed by atoms with E-state index in [-0.39, 0.29) is 24.4 Å². The van der Waals surface area contributed by atoms with Crippen LogP contribution >= 0.6 is 0 Å². The number of pyridine rings is 1. The Labute approximate surface area is 118 Å². The summed E-state index contributed by atoms with van der Waals surface area (Å²) in [5.74, 6) is -1.30. The first-order chi connectivity index (χ1) is 9.74. The molecule has 114 valence electrons. The number of amides is 1. The molecule has 0 aromatic carbocycles. The number of halogens is 3. The van der Waals surface area contributed by atoms with E-state index in [2.05, 4.69) is 9.72 Å². The minimum atomic E-state index is -4.55. The van der Waals surface area contributed by atoms with Crippen molar-refractivity contribution in [3.8, 4) is 0 Å². The maximum absolute atomic E-state index is 12.8. The summed E-state index contributed by atoms with van der Waals surface area (Å²) < 4.78 is 43.1. The second-order valence-corrected chi connectivity index (χ2v) is 4.69. The molecule has 0 saturated carbocycles. The molecular weight excluding hydrogens is 289 g/mol. The molecule has 0 bridgehead atoms. The summed E-state index contributed by atoms with van der Waals surface area (Å²) in [4.78, 5) is 28.4. The number of aryl methyl sites for hydroxylation is 1. The zero-order chi connectivity index (χ0) is 15.8. The summed E-state index contributed by atoms with van der Waals surface area (Å²) in [5, 5.41) is 0. The number of nitrogens with zero attached hydrogens (tertiary/aromatic N) is 2. The molecule has 1 aliphatic heterocycles. The number of esters is 1. The molecule has 2 rings (SSSR count). The summed E-state index contributed by atoms with van der Waals surface area (Å²) in [6.07, 6.45) is -4.29. The first-order valence-electron chi connectivity index (χ1n) is 6.20. The molecule has 0 N–H and O–H groups in total. The predicted molar refractivity (Wildman–Crippen MR) is 66.5 cm³/mol. The molecule has 1 saturated heterocycles. The molecule has 1 aromatic rings. The number of hydrogen-bond acceptors (Lipinski definition) is 4. The monoisotopic (exact) mass is 302 g/mol. The highest BCUT2D eigenvalue weighted by Crippen LogP contribution is 2.34. The first kappa shape index (κ1) is 15.3. The molecule has 1 aliphatic rings.